The predicted octanol–water partition coefficient (Wildman–Crippen LogP) is 11.5. The number of ether oxygens (including phenoxy) is 3. The summed E-state index contributed by atoms with van der Waals surface area (Å²) in [6.07, 6.45) is 60.7. The number of hydrogen-bond acceptors (Lipinski definition) is 7. The van der Waals surface area contributed by atoms with Crippen LogP contribution in [0.5, 0.6) is 0 Å². The van der Waals surface area contributed by atoms with Crippen LogP contribution < -0.4 is 5.11 Å². The topological polar surface area (TPSA) is 102 Å². The molecule has 0 aromatic carbocycles. The third kappa shape index (κ3) is 40.6. The van der Waals surface area contributed by atoms with Gasteiger partial charge in [-0.15, -0.1) is 0 Å². The van der Waals surface area contributed by atoms with Gasteiger partial charge in [-0.05, 0) is 96.3 Å². The molecule has 0 aliphatic rings. The molecule has 61 heavy (non-hydrogen) atoms. The number of quaternary nitrogens is 1. The molecule has 0 rings (SSSR count). The highest BCUT2D eigenvalue weighted by Crippen LogP contribution is 2.10. The second-order valence-corrected chi connectivity index (χ2v) is 15.5. The highest BCUT2D eigenvalue weighted by molar-refractivity contribution is 5.70. The van der Waals surface area contributed by atoms with Gasteiger partial charge >= 0.3 is 11.9 Å². The van der Waals surface area contributed by atoms with Crippen molar-refractivity contribution < 1.29 is 38.2 Å². The van der Waals surface area contributed by atoms with Crippen LogP contribution in [-0.2, 0) is 28.6 Å². The number of unbranched alkanes of at least 4 members (excludes halogenated alkanes) is 2. The average Bonchev–Trinajstić information content (AvgIpc) is 3.22. The average molecular weight is 844 g/mol. The van der Waals surface area contributed by atoms with Gasteiger partial charge < -0.3 is 28.6 Å². The van der Waals surface area contributed by atoms with Gasteiger partial charge in [0.2, 0.25) is 0 Å². The Balaban J connectivity index is 4.54. The normalized spacial score (nSPS) is 14.2. The van der Waals surface area contributed by atoms with Gasteiger partial charge in [-0.2, -0.15) is 0 Å². The van der Waals surface area contributed by atoms with E-state index in [-0.39, 0.29) is 49.5 Å². The van der Waals surface area contributed by atoms with E-state index in [4.69, 9.17) is 14.2 Å². The molecular weight excluding hydrogens is 763 g/mol. The monoisotopic (exact) mass is 844 g/mol. The van der Waals surface area contributed by atoms with Crippen molar-refractivity contribution >= 4 is 17.9 Å². The zero-order chi connectivity index (χ0) is 44.9. The number of rotatable bonds is 38. The van der Waals surface area contributed by atoms with E-state index in [0.29, 0.717) is 12.8 Å². The third-order valence-corrected chi connectivity index (χ3v) is 9.05. The summed E-state index contributed by atoms with van der Waals surface area (Å²) in [7, 11) is 5.35. The molecule has 0 saturated carbocycles. The highest BCUT2D eigenvalue weighted by atomic mass is 16.6. The lowest BCUT2D eigenvalue weighted by atomic mass is 10.1. The van der Waals surface area contributed by atoms with Crippen molar-refractivity contribution in [3.05, 3.63) is 134 Å². The molecule has 0 radical (unpaired) electrons. The van der Waals surface area contributed by atoms with Gasteiger partial charge in [-0.3, -0.25) is 9.59 Å². The lowest BCUT2D eigenvalue weighted by Gasteiger charge is -2.34. The van der Waals surface area contributed by atoms with Crippen LogP contribution in [0.2, 0.25) is 0 Å². The van der Waals surface area contributed by atoms with E-state index in [0.717, 1.165) is 83.5 Å². The first kappa shape index (κ1) is 56.5. The number of likely N-dealkylation sites (N-methyl/N-ethyl adjacent to an activating group) is 1. The van der Waals surface area contributed by atoms with Crippen molar-refractivity contribution in [2.75, 3.05) is 41.0 Å². The van der Waals surface area contributed by atoms with E-state index in [9.17, 15) is 19.5 Å². The first-order chi connectivity index (χ1) is 29.6. The molecule has 0 aliphatic carbocycles. The van der Waals surface area contributed by atoms with Crippen LogP contribution in [0.1, 0.15) is 129 Å². The summed E-state index contributed by atoms with van der Waals surface area (Å²) < 4.78 is 17.0. The Labute approximate surface area is 371 Å². The largest absolute Gasteiger partial charge is 0.544 e. The Bertz CT molecular complexity index is 1450. The number of carboxylic acid groups (broad SMARTS) is 1. The quantitative estimate of drug-likeness (QED) is 0.0264. The number of carboxylic acids is 1. The molecule has 8 heteroatoms. The summed E-state index contributed by atoms with van der Waals surface area (Å²) in [5, 5.41) is 11.6. The van der Waals surface area contributed by atoms with Gasteiger partial charge in [-0.1, -0.05) is 148 Å². The summed E-state index contributed by atoms with van der Waals surface area (Å²) in [6, 6.07) is -0.754. The van der Waals surface area contributed by atoms with Crippen molar-refractivity contribution in [1.29, 1.82) is 0 Å². The summed E-state index contributed by atoms with van der Waals surface area (Å²) in [5.41, 5.74) is 0. The lowest BCUT2D eigenvalue weighted by molar-refractivity contribution is -0.889. The minimum atomic E-state index is -1.15. The number of carbonyl (C=O) groups excluding carboxylic acids is 3. The molecule has 2 unspecified atom stereocenters. The van der Waals surface area contributed by atoms with E-state index in [1.165, 1.54) is 0 Å². The fraction of sp³-hybridized carbons (Fsp3) is 0.528. The van der Waals surface area contributed by atoms with Crippen molar-refractivity contribution in [3.8, 4) is 0 Å². The Morgan fingerprint density at radius 3 is 1.28 bits per heavy atom. The molecule has 2 atom stereocenters. The second-order valence-electron chi connectivity index (χ2n) is 15.5. The smallest absolute Gasteiger partial charge is 0.306 e. The van der Waals surface area contributed by atoms with Crippen LogP contribution in [0.25, 0.3) is 0 Å². The summed E-state index contributed by atoms with van der Waals surface area (Å²) >= 11 is 0. The molecule has 0 fully saturated rings. The van der Waals surface area contributed by atoms with E-state index in [1.807, 2.05) is 12.2 Å². The third-order valence-electron chi connectivity index (χ3n) is 9.05. The Morgan fingerprint density at radius 2 is 0.885 bits per heavy atom. The SMILES string of the molecule is CC/C=C/C/C=C/C/C=C/C/C=C/C/C=C/C/C=C/CCCCC(=O)OCC(COCCC(C(=O)[O-])[N+](C)(C)C)OC(=O)CC/C=C/C/C=C/C/C=C/C/C=C/C/C=C/CC. The molecule has 0 aliphatic heterocycles. The summed E-state index contributed by atoms with van der Waals surface area (Å²) in [4.78, 5) is 36.9. The number of nitrogens with zero attached hydrogens (tertiary/aromatic N) is 1. The molecule has 340 valence electrons. The molecule has 0 amide bonds. The van der Waals surface area contributed by atoms with Crippen LogP contribution >= 0.6 is 0 Å². The molecule has 0 spiro atoms. The van der Waals surface area contributed by atoms with Gasteiger partial charge in [0.1, 0.15) is 12.6 Å². The van der Waals surface area contributed by atoms with Crippen LogP contribution in [0.3, 0.4) is 0 Å². The second kappa shape index (κ2) is 42.2. The Morgan fingerprint density at radius 1 is 0.492 bits per heavy atom. The summed E-state index contributed by atoms with van der Waals surface area (Å²) in [5.74, 6) is -1.92. The zero-order valence-electron chi connectivity index (χ0n) is 38.5. The zero-order valence-corrected chi connectivity index (χ0v) is 38.5. The van der Waals surface area contributed by atoms with Crippen LogP contribution in [-0.4, -0.2) is 75.5 Å². The first-order valence-electron chi connectivity index (χ1n) is 22.7. The van der Waals surface area contributed by atoms with Gasteiger partial charge in [0.15, 0.2) is 6.10 Å². The van der Waals surface area contributed by atoms with E-state index < -0.39 is 24.1 Å². The van der Waals surface area contributed by atoms with Crippen LogP contribution in [0, 0.1) is 0 Å². The van der Waals surface area contributed by atoms with Crippen LogP contribution in [0.4, 0.5) is 0 Å². The lowest BCUT2D eigenvalue weighted by Crippen LogP contribution is -2.55. The predicted molar refractivity (Wildman–Crippen MR) is 253 cm³/mol. The Hall–Kier alpha value is -4.53. The number of carbonyl (C=O) groups is 3. The molecule has 8 nitrogen and oxygen atoms in total. The van der Waals surface area contributed by atoms with Crippen LogP contribution in [0.15, 0.2) is 134 Å². The fourth-order valence-corrected chi connectivity index (χ4v) is 5.59. The number of allylic oxidation sites excluding steroid dienone is 22. The summed E-state index contributed by atoms with van der Waals surface area (Å²) in [6.45, 7) is 4.27. The number of hydrogen-bond donors (Lipinski definition) is 0. The van der Waals surface area contributed by atoms with E-state index in [2.05, 4.69) is 135 Å². The van der Waals surface area contributed by atoms with Crippen molar-refractivity contribution in [3.63, 3.8) is 0 Å². The molecule has 0 heterocycles. The maximum atomic E-state index is 12.7. The van der Waals surface area contributed by atoms with Gasteiger partial charge in [0, 0.05) is 19.3 Å². The van der Waals surface area contributed by atoms with Gasteiger partial charge in [0.25, 0.3) is 0 Å². The Kier molecular flexibility index (Phi) is 39.0. The molecule has 0 saturated heterocycles. The van der Waals surface area contributed by atoms with E-state index in [1.54, 1.807) is 21.1 Å². The molecule has 0 N–H and O–H groups in total. The van der Waals surface area contributed by atoms with Gasteiger partial charge in [-0.25, -0.2) is 0 Å². The van der Waals surface area contributed by atoms with E-state index >= 15 is 0 Å². The maximum Gasteiger partial charge on any atom is 0.306 e. The fourth-order valence-electron chi connectivity index (χ4n) is 5.59. The first-order valence-corrected chi connectivity index (χ1v) is 22.7. The molecular formula is C53H81NO7. The van der Waals surface area contributed by atoms with Crippen molar-refractivity contribution in [2.24, 2.45) is 0 Å². The van der Waals surface area contributed by atoms with Crippen molar-refractivity contribution in [2.45, 2.75) is 142 Å². The van der Waals surface area contributed by atoms with Crippen molar-refractivity contribution in [1.82, 2.24) is 0 Å². The molecule has 0 bridgehead atoms. The minimum absolute atomic E-state index is 0.0136. The number of esters is 2. The molecule has 0 aromatic heterocycles. The highest BCUT2D eigenvalue weighted by Gasteiger charge is 2.25. The minimum Gasteiger partial charge on any atom is -0.544 e. The maximum absolute atomic E-state index is 12.7. The number of aliphatic carboxylic acids is 1. The van der Waals surface area contributed by atoms with Gasteiger partial charge in [0.05, 0.1) is 40.3 Å². The standard InChI is InChI=1S/C53H81NO7/c1-6-8-10-12-14-16-18-20-22-24-25-26-27-28-30-31-33-35-37-39-41-43-51(55)60-48-49(47-59-46-45-50(53(57)58)54(3,4)5)61-52(56)44-42-40-38-36-34-32-29-23-21-19-17-15-13-11-9-7-2/h8-11,14-17,20-23,25-26,28,30,32-35,38,40,49-50H,6-7,12-13,18-19,24,27,29,31,36-37,39,41-48H2,1-5H3/b10-8+,11-9+,16-14+,17-15+,22-20+,23-21+,26-25+,30-28+,34-32+,35-33+,40-38+. The molecule has 0 aromatic rings.